The Kier molecular flexibility index (Phi) is 4.81. The van der Waals surface area contributed by atoms with Gasteiger partial charge in [0.2, 0.25) is 0 Å². The van der Waals surface area contributed by atoms with E-state index in [0.29, 0.717) is 34.2 Å². The predicted octanol–water partition coefficient (Wildman–Crippen LogP) is 3.86. The molecule has 0 aromatic heterocycles. The molecule has 0 unspecified atom stereocenters. The second-order valence-corrected chi connectivity index (χ2v) is 4.63. The molecule has 0 aliphatic heterocycles. The average molecular weight is 301 g/mol. The Labute approximate surface area is 127 Å². The number of rotatable bonds is 4. The normalized spacial score (nSPS) is 9.76. The second kappa shape index (κ2) is 6.78. The first kappa shape index (κ1) is 14.9. The number of nitrogens with zero attached hydrogens (tertiary/aromatic N) is 1. The summed E-state index contributed by atoms with van der Waals surface area (Å²) in [5, 5.41) is 11.8. The van der Waals surface area contributed by atoms with E-state index in [2.05, 4.69) is 5.32 Å². The summed E-state index contributed by atoms with van der Waals surface area (Å²) in [6, 6.07) is 13.5. The summed E-state index contributed by atoms with van der Waals surface area (Å²) in [4.78, 5) is 12.1. The number of amides is 1. The molecule has 0 atom stereocenters. The maximum Gasteiger partial charge on any atom is 0.255 e. The summed E-state index contributed by atoms with van der Waals surface area (Å²) in [5.74, 6) is 0.440. The van der Waals surface area contributed by atoms with E-state index in [1.807, 2.05) is 13.0 Å². The van der Waals surface area contributed by atoms with Crippen LogP contribution >= 0.6 is 11.6 Å². The van der Waals surface area contributed by atoms with Gasteiger partial charge in [-0.1, -0.05) is 11.6 Å². The standard InChI is InChI=1S/C16H13ClN2O2/c1-2-21-13-6-4-12(5-7-13)16(20)19-15-8-3-11(10-18)9-14(15)17/h3-9H,2H2,1H3,(H,19,20). The minimum Gasteiger partial charge on any atom is -0.494 e. The zero-order chi connectivity index (χ0) is 15.2. The summed E-state index contributed by atoms with van der Waals surface area (Å²) < 4.78 is 5.32. The molecule has 1 amide bonds. The van der Waals surface area contributed by atoms with E-state index in [4.69, 9.17) is 21.6 Å². The van der Waals surface area contributed by atoms with Crippen molar-refractivity contribution >= 4 is 23.2 Å². The maximum absolute atomic E-state index is 12.1. The van der Waals surface area contributed by atoms with Gasteiger partial charge < -0.3 is 10.1 Å². The number of halogens is 1. The fraction of sp³-hybridized carbons (Fsp3) is 0.125. The molecule has 2 aromatic carbocycles. The van der Waals surface area contributed by atoms with Gasteiger partial charge in [0.15, 0.2) is 0 Å². The zero-order valence-electron chi connectivity index (χ0n) is 11.4. The van der Waals surface area contributed by atoms with Gasteiger partial charge in [0.25, 0.3) is 5.91 Å². The molecule has 0 aliphatic carbocycles. The lowest BCUT2D eigenvalue weighted by Gasteiger charge is -2.08. The van der Waals surface area contributed by atoms with Crippen LogP contribution in [-0.2, 0) is 0 Å². The monoisotopic (exact) mass is 300 g/mol. The number of ether oxygens (including phenoxy) is 1. The van der Waals surface area contributed by atoms with E-state index in [1.54, 1.807) is 36.4 Å². The summed E-state index contributed by atoms with van der Waals surface area (Å²) in [5.41, 5.74) is 1.41. The van der Waals surface area contributed by atoms with Crippen molar-refractivity contribution in [2.75, 3.05) is 11.9 Å². The minimum atomic E-state index is -0.273. The van der Waals surface area contributed by atoms with Gasteiger partial charge in [-0.25, -0.2) is 0 Å². The van der Waals surface area contributed by atoms with Crippen LogP contribution in [0.3, 0.4) is 0 Å². The van der Waals surface area contributed by atoms with Crippen LogP contribution in [0.25, 0.3) is 0 Å². The highest BCUT2D eigenvalue weighted by molar-refractivity contribution is 6.34. The van der Waals surface area contributed by atoms with E-state index in [9.17, 15) is 4.79 Å². The number of benzene rings is 2. The summed E-state index contributed by atoms with van der Waals surface area (Å²) in [6.07, 6.45) is 0. The van der Waals surface area contributed by atoms with E-state index < -0.39 is 0 Å². The summed E-state index contributed by atoms with van der Waals surface area (Å²) >= 11 is 6.02. The number of anilines is 1. The lowest BCUT2D eigenvalue weighted by molar-refractivity contribution is 0.102. The molecule has 1 N–H and O–H groups in total. The van der Waals surface area contributed by atoms with Crippen molar-refractivity contribution < 1.29 is 9.53 Å². The third-order valence-corrected chi connectivity index (χ3v) is 3.09. The van der Waals surface area contributed by atoms with Crippen LogP contribution in [0.4, 0.5) is 5.69 Å². The van der Waals surface area contributed by atoms with Gasteiger partial charge in [-0.2, -0.15) is 5.26 Å². The molecule has 0 bridgehead atoms. The highest BCUT2D eigenvalue weighted by Crippen LogP contribution is 2.23. The highest BCUT2D eigenvalue weighted by atomic mass is 35.5. The van der Waals surface area contributed by atoms with Gasteiger partial charge in [-0.05, 0) is 49.4 Å². The SMILES string of the molecule is CCOc1ccc(C(=O)Nc2ccc(C#N)cc2Cl)cc1. The van der Waals surface area contributed by atoms with E-state index >= 15 is 0 Å². The van der Waals surface area contributed by atoms with Gasteiger partial charge >= 0.3 is 0 Å². The van der Waals surface area contributed by atoms with Crippen molar-refractivity contribution in [2.24, 2.45) is 0 Å². The molecule has 106 valence electrons. The lowest BCUT2D eigenvalue weighted by atomic mass is 10.2. The first-order chi connectivity index (χ1) is 10.1. The molecule has 0 radical (unpaired) electrons. The molecule has 0 fully saturated rings. The van der Waals surface area contributed by atoms with E-state index in [1.165, 1.54) is 6.07 Å². The Morgan fingerprint density at radius 2 is 2.00 bits per heavy atom. The van der Waals surface area contributed by atoms with Crippen molar-refractivity contribution in [3.05, 3.63) is 58.6 Å². The highest BCUT2D eigenvalue weighted by Gasteiger charge is 2.09. The number of carbonyl (C=O) groups excluding carboxylic acids is 1. The van der Waals surface area contributed by atoms with Crippen molar-refractivity contribution in [3.8, 4) is 11.8 Å². The molecule has 4 nitrogen and oxygen atoms in total. The molecule has 0 saturated carbocycles. The van der Waals surface area contributed by atoms with Crippen LogP contribution < -0.4 is 10.1 Å². The summed E-state index contributed by atoms with van der Waals surface area (Å²) in [7, 11) is 0. The van der Waals surface area contributed by atoms with Crippen molar-refractivity contribution in [3.63, 3.8) is 0 Å². The minimum absolute atomic E-state index is 0.273. The fourth-order valence-electron chi connectivity index (χ4n) is 1.75. The molecule has 2 aromatic rings. The second-order valence-electron chi connectivity index (χ2n) is 4.22. The van der Waals surface area contributed by atoms with Crippen LogP contribution in [0.1, 0.15) is 22.8 Å². The van der Waals surface area contributed by atoms with Crippen LogP contribution in [0.15, 0.2) is 42.5 Å². The third kappa shape index (κ3) is 3.74. The van der Waals surface area contributed by atoms with Gasteiger partial charge in [-0.3, -0.25) is 4.79 Å². The molecule has 5 heteroatoms. The van der Waals surface area contributed by atoms with Crippen LogP contribution in [-0.4, -0.2) is 12.5 Å². The average Bonchev–Trinajstić information content (AvgIpc) is 2.50. The topological polar surface area (TPSA) is 62.1 Å². The summed E-state index contributed by atoms with van der Waals surface area (Å²) in [6.45, 7) is 2.47. The first-order valence-electron chi connectivity index (χ1n) is 6.38. The Morgan fingerprint density at radius 1 is 1.29 bits per heavy atom. The van der Waals surface area contributed by atoms with Gasteiger partial charge in [-0.15, -0.1) is 0 Å². The predicted molar refractivity (Wildman–Crippen MR) is 81.7 cm³/mol. The van der Waals surface area contributed by atoms with Crippen LogP contribution in [0.5, 0.6) is 5.75 Å². The molecule has 0 saturated heterocycles. The molecular formula is C16H13ClN2O2. The van der Waals surface area contributed by atoms with Gasteiger partial charge in [0.05, 0.1) is 28.9 Å². The largest absolute Gasteiger partial charge is 0.494 e. The maximum atomic E-state index is 12.1. The van der Waals surface area contributed by atoms with Gasteiger partial charge in [0, 0.05) is 5.56 Å². The van der Waals surface area contributed by atoms with E-state index in [0.717, 1.165) is 0 Å². The van der Waals surface area contributed by atoms with Crippen molar-refractivity contribution in [2.45, 2.75) is 6.92 Å². The zero-order valence-corrected chi connectivity index (χ0v) is 12.1. The molecule has 0 spiro atoms. The molecule has 0 aliphatic rings. The number of nitrogens with one attached hydrogen (secondary N) is 1. The van der Waals surface area contributed by atoms with E-state index in [-0.39, 0.29) is 5.91 Å². The quantitative estimate of drug-likeness (QED) is 0.932. The number of hydrogen-bond donors (Lipinski definition) is 1. The molecule has 0 heterocycles. The molecular weight excluding hydrogens is 288 g/mol. The molecule has 2 rings (SSSR count). The lowest BCUT2D eigenvalue weighted by Crippen LogP contribution is -2.12. The van der Waals surface area contributed by atoms with Gasteiger partial charge in [0.1, 0.15) is 5.75 Å². The van der Waals surface area contributed by atoms with Crippen LogP contribution in [0, 0.1) is 11.3 Å². The number of nitriles is 1. The fourth-order valence-corrected chi connectivity index (χ4v) is 1.98. The smallest absolute Gasteiger partial charge is 0.255 e. The molecule has 21 heavy (non-hydrogen) atoms. The Balaban J connectivity index is 2.12. The number of hydrogen-bond acceptors (Lipinski definition) is 3. The van der Waals surface area contributed by atoms with Crippen molar-refractivity contribution in [1.29, 1.82) is 5.26 Å². The Bertz CT molecular complexity index is 690. The Morgan fingerprint density at radius 3 is 2.57 bits per heavy atom. The van der Waals surface area contributed by atoms with Crippen molar-refractivity contribution in [1.82, 2.24) is 0 Å². The first-order valence-corrected chi connectivity index (χ1v) is 6.75. The Hall–Kier alpha value is -2.51. The number of carbonyl (C=O) groups is 1. The van der Waals surface area contributed by atoms with Crippen LogP contribution in [0.2, 0.25) is 5.02 Å². The third-order valence-electron chi connectivity index (χ3n) is 2.77.